The molecule has 0 spiro atoms. The van der Waals surface area contributed by atoms with Gasteiger partial charge in [0.2, 0.25) is 0 Å². The number of aromatic nitrogens is 4. The van der Waals surface area contributed by atoms with Crippen LogP contribution in [0.15, 0.2) is 54.2 Å². The molecule has 4 aromatic rings. The summed E-state index contributed by atoms with van der Waals surface area (Å²) >= 11 is 1.24. The predicted molar refractivity (Wildman–Crippen MR) is 93.5 cm³/mol. The van der Waals surface area contributed by atoms with Crippen molar-refractivity contribution in [2.24, 2.45) is 0 Å². The van der Waals surface area contributed by atoms with E-state index in [2.05, 4.69) is 20.4 Å². The highest BCUT2D eigenvalue weighted by molar-refractivity contribution is 7.13. The van der Waals surface area contributed by atoms with E-state index >= 15 is 0 Å². The van der Waals surface area contributed by atoms with E-state index in [1.165, 1.54) is 52.4 Å². The lowest BCUT2D eigenvalue weighted by Gasteiger charge is -2.10. The number of nitrogens with one attached hydrogen (secondary N) is 1. The summed E-state index contributed by atoms with van der Waals surface area (Å²) in [7, 11) is 0. The number of nitrogens with zero attached hydrogens (tertiary/aromatic N) is 4. The van der Waals surface area contributed by atoms with Gasteiger partial charge in [-0.15, -0.1) is 11.3 Å². The molecule has 0 aliphatic heterocycles. The zero-order chi connectivity index (χ0) is 19.0. The van der Waals surface area contributed by atoms with Gasteiger partial charge in [-0.2, -0.15) is 18.3 Å². The van der Waals surface area contributed by atoms with Crippen LogP contribution in [0.3, 0.4) is 0 Å². The summed E-state index contributed by atoms with van der Waals surface area (Å²) in [5.41, 5.74) is -0.423. The molecule has 0 radical (unpaired) electrons. The standard InChI is InChI=1S/C17H10F3N5OS/c18-17(19,20)11-4-2-1-3-10(11)12-9-14-21-6-5-13(25(14)24-12)15(26)23-16-22-7-8-27-16/h1-9H,(H,22,23,26). The van der Waals surface area contributed by atoms with Crippen LogP contribution in [-0.4, -0.2) is 25.5 Å². The third kappa shape index (κ3) is 3.26. The van der Waals surface area contributed by atoms with Gasteiger partial charge in [-0.25, -0.2) is 14.5 Å². The molecule has 0 bridgehead atoms. The van der Waals surface area contributed by atoms with Crippen LogP contribution >= 0.6 is 11.3 Å². The number of hydrogen-bond acceptors (Lipinski definition) is 5. The van der Waals surface area contributed by atoms with Gasteiger partial charge >= 0.3 is 6.18 Å². The van der Waals surface area contributed by atoms with Gasteiger partial charge in [-0.3, -0.25) is 10.1 Å². The first-order valence-corrected chi connectivity index (χ1v) is 8.54. The van der Waals surface area contributed by atoms with Crippen LogP contribution in [0.1, 0.15) is 16.1 Å². The lowest BCUT2D eigenvalue weighted by Crippen LogP contribution is -2.16. The molecule has 0 fully saturated rings. The lowest BCUT2D eigenvalue weighted by molar-refractivity contribution is -0.137. The Morgan fingerprint density at radius 2 is 1.93 bits per heavy atom. The predicted octanol–water partition coefficient (Wildman–Crippen LogP) is 4.12. The zero-order valence-corrected chi connectivity index (χ0v) is 14.3. The van der Waals surface area contributed by atoms with Crippen molar-refractivity contribution in [3.05, 3.63) is 65.4 Å². The summed E-state index contributed by atoms with van der Waals surface area (Å²) in [5, 5.41) is 8.91. The Balaban J connectivity index is 1.79. The number of amides is 1. The maximum Gasteiger partial charge on any atom is 0.417 e. The van der Waals surface area contributed by atoms with Gasteiger partial charge < -0.3 is 0 Å². The van der Waals surface area contributed by atoms with Crippen LogP contribution in [0.5, 0.6) is 0 Å². The number of anilines is 1. The fourth-order valence-electron chi connectivity index (χ4n) is 2.60. The van der Waals surface area contributed by atoms with E-state index in [0.29, 0.717) is 5.13 Å². The maximum atomic E-state index is 13.3. The van der Waals surface area contributed by atoms with Crippen molar-refractivity contribution < 1.29 is 18.0 Å². The molecule has 0 saturated carbocycles. The van der Waals surface area contributed by atoms with Crippen molar-refractivity contribution in [3.8, 4) is 11.3 Å². The third-order valence-corrected chi connectivity index (χ3v) is 4.44. The monoisotopic (exact) mass is 389 g/mol. The van der Waals surface area contributed by atoms with Gasteiger partial charge in [0.15, 0.2) is 10.8 Å². The number of rotatable bonds is 3. The van der Waals surface area contributed by atoms with E-state index in [1.807, 2.05) is 0 Å². The second-order valence-electron chi connectivity index (χ2n) is 5.46. The van der Waals surface area contributed by atoms with E-state index in [-0.39, 0.29) is 22.6 Å². The Morgan fingerprint density at radius 3 is 2.67 bits per heavy atom. The fraction of sp³-hybridized carbons (Fsp3) is 0.0588. The number of hydrogen-bond donors (Lipinski definition) is 1. The first kappa shape index (κ1) is 17.2. The van der Waals surface area contributed by atoms with Crippen LogP contribution in [-0.2, 0) is 6.18 Å². The van der Waals surface area contributed by atoms with Crippen LogP contribution in [0.25, 0.3) is 16.9 Å². The molecular formula is C17H10F3N5OS. The number of benzene rings is 1. The van der Waals surface area contributed by atoms with E-state index in [0.717, 1.165) is 6.07 Å². The first-order valence-electron chi connectivity index (χ1n) is 7.66. The van der Waals surface area contributed by atoms with Crippen LogP contribution < -0.4 is 5.32 Å². The second kappa shape index (κ2) is 6.47. The van der Waals surface area contributed by atoms with E-state index in [9.17, 15) is 18.0 Å². The van der Waals surface area contributed by atoms with Gasteiger partial charge in [0.25, 0.3) is 5.91 Å². The molecule has 0 saturated heterocycles. The minimum absolute atomic E-state index is 0.0740. The van der Waals surface area contributed by atoms with Crippen molar-refractivity contribution in [1.82, 2.24) is 19.6 Å². The molecule has 3 aromatic heterocycles. The summed E-state index contributed by atoms with van der Waals surface area (Å²) in [6, 6.07) is 7.97. The van der Waals surface area contributed by atoms with Gasteiger partial charge in [0.1, 0.15) is 5.69 Å². The molecule has 4 rings (SSSR count). The number of halogens is 3. The summed E-state index contributed by atoms with van der Waals surface area (Å²) in [4.78, 5) is 20.5. The molecule has 0 unspecified atom stereocenters. The van der Waals surface area contributed by atoms with Gasteiger partial charge in [-0.05, 0) is 12.1 Å². The highest BCUT2D eigenvalue weighted by Gasteiger charge is 2.34. The van der Waals surface area contributed by atoms with Crippen LogP contribution in [0.4, 0.5) is 18.3 Å². The molecule has 10 heteroatoms. The number of fused-ring (bicyclic) bond motifs is 1. The van der Waals surface area contributed by atoms with E-state index in [4.69, 9.17) is 0 Å². The van der Waals surface area contributed by atoms with Crippen molar-refractivity contribution in [3.63, 3.8) is 0 Å². The molecule has 0 aliphatic rings. The zero-order valence-electron chi connectivity index (χ0n) is 13.4. The van der Waals surface area contributed by atoms with Crippen LogP contribution in [0, 0.1) is 0 Å². The topological polar surface area (TPSA) is 72.2 Å². The normalized spacial score (nSPS) is 11.7. The molecule has 0 aliphatic carbocycles. The lowest BCUT2D eigenvalue weighted by atomic mass is 10.0. The summed E-state index contributed by atoms with van der Waals surface area (Å²) in [6.45, 7) is 0. The molecule has 6 nitrogen and oxygen atoms in total. The number of carbonyl (C=O) groups is 1. The van der Waals surface area contributed by atoms with Crippen LogP contribution in [0.2, 0.25) is 0 Å². The van der Waals surface area contributed by atoms with Gasteiger partial charge in [0.05, 0.1) is 11.3 Å². The molecule has 136 valence electrons. The Bertz CT molecular complexity index is 1120. The Kier molecular flexibility index (Phi) is 4.11. The Morgan fingerprint density at radius 1 is 1.11 bits per heavy atom. The quantitative estimate of drug-likeness (QED) is 0.572. The number of carbonyl (C=O) groups excluding carboxylic acids is 1. The molecule has 3 heterocycles. The van der Waals surface area contributed by atoms with Crippen molar-refractivity contribution >= 4 is 28.0 Å². The van der Waals surface area contributed by atoms with E-state index in [1.54, 1.807) is 11.6 Å². The molecule has 0 atom stereocenters. The molecule has 1 aromatic carbocycles. The SMILES string of the molecule is O=C(Nc1nccs1)c1ccnc2cc(-c3ccccc3C(F)(F)F)nn12. The third-order valence-electron chi connectivity index (χ3n) is 3.75. The fourth-order valence-corrected chi connectivity index (χ4v) is 3.12. The first-order chi connectivity index (χ1) is 12.9. The summed E-state index contributed by atoms with van der Waals surface area (Å²) in [5.74, 6) is -0.490. The minimum Gasteiger partial charge on any atom is -0.296 e. The smallest absolute Gasteiger partial charge is 0.296 e. The minimum atomic E-state index is -4.52. The molecule has 1 N–H and O–H groups in total. The Hall–Kier alpha value is -3.27. The van der Waals surface area contributed by atoms with Gasteiger partial charge in [-0.1, -0.05) is 18.2 Å². The highest BCUT2D eigenvalue weighted by atomic mass is 32.1. The molecule has 27 heavy (non-hydrogen) atoms. The van der Waals surface area contributed by atoms with E-state index < -0.39 is 17.6 Å². The van der Waals surface area contributed by atoms with Crippen molar-refractivity contribution in [2.45, 2.75) is 6.18 Å². The maximum absolute atomic E-state index is 13.3. The summed E-state index contributed by atoms with van der Waals surface area (Å²) in [6.07, 6.45) is -1.58. The largest absolute Gasteiger partial charge is 0.417 e. The Labute approximate surface area is 154 Å². The second-order valence-corrected chi connectivity index (χ2v) is 6.36. The van der Waals surface area contributed by atoms with Crippen molar-refractivity contribution in [1.29, 1.82) is 0 Å². The number of thiazole rings is 1. The average molecular weight is 389 g/mol. The summed E-state index contributed by atoms with van der Waals surface area (Å²) < 4.78 is 41.1. The van der Waals surface area contributed by atoms with Gasteiger partial charge in [0, 0.05) is 29.4 Å². The average Bonchev–Trinajstić information content (AvgIpc) is 3.29. The highest BCUT2D eigenvalue weighted by Crippen LogP contribution is 2.36. The molecular weight excluding hydrogens is 379 g/mol. The van der Waals surface area contributed by atoms with Crippen molar-refractivity contribution in [2.75, 3.05) is 5.32 Å². The number of alkyl halides is 3. The molecule has 1 amide bonds.